The van der Waals surface area contributed by atoms with Crippen LogP contribution >= 0.6 is 11.6 Å². The second-order valence-electron chi connectivity index (χ2n) is 2.50. The summed E-state index contributed by atoms with van der Waals surface area (Å²) in [6.07, 6.45) is 0. The number of ether oxygens (including phenoxy) is 1. The van der Waals surface area contributed by atoms with Gasteiger partial charge in [0.05, 0.1) is 0 Å². The van der Waals surface area contributed by atoms with Crippen LogP contribution in [0.25, 0.3) is 0 Å². The summed E-state index contributed by atoms with van der Waals surface area (Å²) in [5, 5.41) is 9.01. The molecule has 0 heterocycles. The molecule has 0 saturated heterocycles. The number of aliphatic hydroxyl groups is 1. The highest BCUT2D eigenvalue weighted by molar-refractivity contribution is 6.30. The van der Waals surface area contributed by atoms with Crippen molar-refractivity contribution in [1.29, 1.82) is 0 Å². The lowest BCUT2D eigenvalue weighted by molar-refractivity contribution is 0.350. The Morgan fingerprint density at radius 3 is 2.47 bits per heavy atom. The van der Waals surface area contributed by atoms with E-state index in [2.05, 4.69) is 23.7 Å². The monoisotopic (exact) mass is 220 g/mol. The van der Waals surface area contributed by atoms with E-state index in [0.29, 0.717) is 10.8 Å². The first-order valence-corrected chi connectivity index (χ1v) is 4.65. The molecular formula is C12H9ClO2. The summed E-state index contributed by atoms with van der Waals surface area (Å²) in [7, 11) is 0. The molecule has 0 spiro atoms. The van der Waals surface area contributed by atoms with Crippen LogP contribution < -0.4 is 4.74 Å². The number of halogens is 1. The molecule has 0 aliphatic heterocycles. The number of hydrogen-bond donors (Lipinski definition) is 1. The fourth-order valence-electron chi connectivity index (χ4n) is 0.814. The maximum absolute atomic E-state index is 8.34. The van der Waals surface area contributed by atoms with Crippen molar-refractivity contribution in [2.24, 2.45) is 0 Å². The molecule has 1 aromatic rings. The van der Waals surface area contributed by atoms with E-state index in [1.807, 2.05) is 0 Å². The van der Waals surface area contributed by atoms with Crippen molar-refractivity contribution in [2.45, 2.75) is 0 Å². The van der Waals surface area contributed by atoms with Gasteiger partial charge >= 0.3 is 0 Å². The zero-order valence-electron chi connectivity index (χ0n) is 7.96. The molecule has 0 aromatic heterocycles. The molecule has 0 radical (unpaired) electrons. The van der Waals surface area contributed by atoms with Crippen LogP contribution in [0.5, 0.6) is 5.75 Å². The van der Waals surface area contributed by atoms with Gasteiger partial charge in [0.2, 0.25) is 0 Å². The van der Waals surface area contributed by atoms with Crippen LogP contribution in [0.4, 0.5) is 0 Å². The van der Waals surface area contributed by atoms with Crippen molar-refractivity contribution in [3.05, 3.63) is 29.3 Å². The van der Waals surface area contributed by atoms with E-state index in [1.54, 1.807) is 24.3 Å². The van der Waals surface area contributed by atoms with E-state index in [4.69, 9.17) is 21.4 Å². The standard InChI is InChI=1S/C12H9ClO2/c13-11-5-7-12(8-6-11)15-10-4-2-1-3-9-14/h5-8,14H,9-10H2. The van der Waals surface area contributed by atoms with Gasteiger partial charge < -0.3 is 9.84 Å². The number of aliphatic hydroxyl groups excluding tert-OH is 1. The van der Waals surface area contributed by atoms with Crippen LogP contribution in [0.3, 0.4) is 0 Å². The third-order valence-corrected chi connectivity index (χ3v) is 1.69. The van der Waals surface area contributed by atoms with Gasteiger partial charge in [0.1, 0.15) is 19.0 Å². The van der Waals surface area contributed by atoms with Crippen molar-refractivity contribution in [1.82, 2.24) is 0 Å². The molecule has 3 heteroatoms. The largest absolute Gasteiger partial charge is 0.481 e. The van der Waals surface area contributed by atoms with Crippen LogP contribution in [-0.2, 0) is 0 Å². The summed E-state index contributed by atoms with van der Waals surface area (Å²) in [5.41, 5.74) is 0. The Bertz CT molecular complexity index is 415. The quantitative estimate of drug-likeness (QED) is 0.769. The summed E-state index contributed by atoms with van der Waals surface area (Å²) in [4.78, 5) is 0. The Morgan fingerprint density at radius 2 is 1.80 bits per heavy atom. The minimum Gasteiger partial charge on any atom is -0.481 e. The molecule has 1 rings (SSSR count). The molecule has 0 fully saturated rings. The predicted molar refractivity (Wildman–Crippen MR) is 59.6 cm³/mol. The Hall–Kier alpha value is -1.61. The lowest BCUT2D eigenvalue weighted by Gasteiger charge is -2.00. The summed E-state index contributed by atoms with van der Waals surface area (Å²) in [5.74, 6) is 10.8. The zero-order valence-corrected chi connectivity index (χ0v) is 8.71. The van der Waals surface area contributed by atoms with E-state index in [0.717, 1.165) is 0 Å². The van der Waals surface area contributed by atoms with Gasteiger partial charge in [0.25, 0.3) is 0 Å². The molecule has 76 valence electrons. The maximum Gasteiger partial charge on any atom is 0.150 e. The summed E-state index contributed by atoms with van der Waals surface area (Å²) < 4.78 is 5.28. The molecule has 1 aromatic carbocycles. The lowest BCUT2D eigenvalue weighted by Crippen LogP contribution is -1.92. The molecule has 1 N–H and O–H groups in total. The highest BCUT2D eigenvalue weighted by Gasteiger charge is 1.90. The van der Waals surface area contributed by atoms with Crippen LogP contribution in [0.1, 0.15) is 0 Å². The smallest absolute Gasteiger partial charge is 0.150 e. The van der Waals surface area contributed by atoms with Crippen LogP contribution in [0.15, 0.2) is 24.3 Å². The van der Waals surface area contributed by atoms with Crippen molar-refractivity contribution in [3.8, 4) is 29.4 Å². The highest BCUT2D eigenvalue weighted by Crippen LogP contribution is 2.14. The van der Waals surface area contributed by atoms with Crippen LogP contribution in [0.2, 0.25) is 5.02 Å². The first-order valence-electron chi connectivity index (χ1n) is 4.28. The topological polar surface area (TPSA) is 29.5 Å². The fraction of sp³-hybridized carbons (Fsp3) is 0.167. The molecule has 0 saturated carbocycles. The fourth-order valence-corrected chi connectivity index (χ4v) is 0.940. The molecule has 0 amide bonds. The van der Waals surface area contributed by atoms with Gasteiger partial charge in [0, 0.05) is 5.02 Å². The van der Waals surface area contributed by atoms with Crippen molar-refractivity contribution in [2.75, 3.05) is 13.2 Å². The van der Waals surface area contributed by atoms with E-state index in [9.17, 15) is 0 Å². The number of benzene rings is 1. The van der Waals surface area contributed by atoms with Gasteiger partial charge in [0.15, 0.2) is 0 Å². The van der Waals surface area contributed by atoms with E-state index < -0.39 is 0 Å². The first kappa shape index (κ1) is 11.5. The summed E-state index contributed by atoms with van der Waals surface area (Å²) >= 11 is 5.70. The SMILES string of the molecule is OCC#CC#CCOc1ccc(Cl)cc1. The molecule has 0 bridgehead atoms. The van der Waals surface area contributed by atoms with Gasteiger partial charge in [-0.2, -0.15) is 0 Å². The normalized spacial score (nSPS) is 8.13. The molecule has 0 atom stereocenters. The summed E-state index contributed by atoms with van der Waals surface area (Å²) in [6.45, 7) is 0.0917. The Labute approximate surface area is 93.8 Å². The van der Waals surface area contributed by atoms with Gasteiger partial charge in [-0.05, 0) is 42.0 Å². The molecule has 2 nitrogen and oxygen atoms in total. The summed E-state index contributed by atoms with van der Waals surface area (Å²) in [6, 6.07) is 7.03. The first-order chi connectivity index (χ1) is 7.33. The van der Waals surface area contributed by atoms with Crippen molar-refractivity contribution >= 4 is 11.6 Å². The average molecular weight is 221 g/mol. The van der Waals surface area contributed by atoms with Gasteiger partial charge in [-0.3, -0.25) is 0 Å². The van der Waals surface area contributed by atoms with Gasteiger partial charge in [-0.15, -0.1) is 0 Å². The van der Waals surface area contributed by atoms with Crippen LogP contribution in [-0.4, -0.2) is 18.3 Å². The minimum atomic E-state index is -0.174. The molecule has 15 heavy (non-hydrogen) atoms. The Kier molecular flexibility index (Phi) is 5.19. The van der Waals surface area contributed by atoms with Crippen molar-refractivity contribution < 1.29 is 9.84 Å². The van der Waals surface area contributed by atoms with E-state index >= 15 is 0 Å². The predicted octanol–water partition coefficient (Wildman–Crippen LogP) is 1.72. The lowest BCUT2D eigenvalue weighted by atomic mass is 10.3. The van der Waals surface area contributed by atoms with E-state index in [-0.39, 0.29) is 13.2 Å². The number of rotatable bonds is 2. The number of hydrogen-bond acceptors (Lipinski definition) is 2. The van der Waals surface area contributed by atoms with Crippen molar-refractivity contribution in [3.63, 3.8) is 0 Å². The zero-order chi connectivity index (χ0) is 10.9. The minimum absolute atomic E-state index is 0.174. The third kappa shape index (κ3) is 4.98. The molecule has 0 unspecified atom stereocenters. The Morgan fingerprint density at radius 1 is 1.13 bits per heavy atom. The average Bonchev–Trinajstić information content (AvgIpc) is 2.26. The Balaban J connectivity index is 2.37. The van der Waals surface area contributed by atoms with Gasteiger partial charge in [-0.1, -0.05) is 17.5 Å². The second kappa shape index (κ2) is 6.79. The second-order valence-corrected chi connectivity index (χ2v) is 2.94. The molecular weight excluding hydrogens is 212 g/mol. The van der Waals surface area contributed by atoms with Crippen LogP contribution in [0, 0.1) is 23.7 Å². The molecule has 0 aliphatic rings. The third-order valence-electron chi connectivity index (χ3n) is 1.44. The van der Waals surface area contributed by atoms with E-state index in [1.165, 1.54) is 0 Å². The highest BCUT2D eigenvalue weighted by atomic mass is 35.5. The maximum atomic E-state index is 8.34. The molecule has 0 aliphatic carbocycles. The van der Waals surface area contributed by atoms with Gasteiger partial charge in [-0.25, -0.2) is 0 Å².